The van der Waals surface area contributed by atoms with Crippen LogP contribution in [-0.2, 0) is 19.5 Å². The second kappa shape index (κ2) is 31.2. The van der Waals surface area contributed by atoms with Crippen molar-refractivity contribution < 1.29 is 19.5 Å². The van der Waals surface area contributed by atoms with Gasteiger partial charge in [-0.05, 0) is 12.1 Å². The van der Waals surface area contributed by atoms with Gasteiger partial charge in [-0.1, -0.05) is 6.07 Å². The zero-order valence-corrected chi connectivity index (χ0v) is 8.96. The molecule has 76 valence electrons. The number of hydrogen-bond donors (Lipinski definition) is 5. The molecule has 7 heteroatoms. The van der Waals surface area contributed by atoms with Crippen LogP contribution in [0.25, 0.3) is 0 Å². The normalized spacial score (nSPS) is 4.00. The van der Waals surface area contributed by atoms with Crippen LogP contribution in [0.3, 0.4) is 0 Å². The molecule has 0 aromatic carbocycles. The Morgan fingerprint density at radius 3 is 1.00 bits per heavy atom. The molecule has 0 saturated heterocycles. The van der Waals surface area contributed by atoms with Gasteiger partial charge in [0.05, 0.1) is 0 Å². The van der Waals surface area contributed by atoms with Gasteiger partial charge in [0.15, 0.2) is 0 Å². The van der Waals surface area contributed by atoms with E-state index in [4.69, 9.17) is 0 Å². The van der Waals surface area contributed by atoms with Crippen molar-refractivity contribution in [1.82, 2.24) is 35.7 Å². The van der Waals surface area contributed by atoms with E-state index in [1.54, 1.807) is 12.4 Å². The summed E-state index contributed by atoms with van der Waals surface area (Å²) >= 11 is 0. The number of aromatic nitrogens is 1. The van der Waals surface area contributed by atoms with Crippen LogP contribution in [0.15, 0.2) is 30.6 Å². The van der Waals surface area contributed by atoms with E-state index in [0.29, 0.717) is 0 Å². The molecule has 0 aliphatic heterocycles. The first-order valence-electron chi connectivity index (χ1n) is 1.85. The standard InChI is InChI=1S/C5H5N.5H3N.Ru/c1-2-4-6-5-3-1;;;;;;/h1-5H;5*1H3;/q;;;;;;+2. The van der Waals surface area contributed by atoms with Gasteiger partial charge >= 0.3 is 19.5 Å². The maximum atomic E-state index is 3.78. The van der Waals surface area contributed by atoms with Gasteiger partial charge in [0.2, 0.25) is 0 Å². The number of nitrogens with zero attached hydrogens (tertiary/aromatic N) is 1. The Labute approximate surface area is 86.2 Å². The third-order valence-corrected chi connectivity index (χ3v) is 0.566. The van der Waals surface area contributed by atoms with Gasteiger partial charge < -0.3 is 30.8 Å². The quantitative estimate of drug-likeness (QED) is 0.445. The summed E-state index contributed by atoms with van der Waals surface area (Å²) in [6.07, 6.45) is 3.50. The molecular formula is C5H20N6Ru+2. The molecule has 0 bridgehead atoms. The molecular weight excluding hydrogens is 245 g/mol. The van der Waals surface area contributed by atoms with Crippen molar-refractivity contribution in [2.75, 3.05) is 0 Å². The molecule has 1 aromatic rings. The summed E-state index contributed by atoms with van der Waals surface area (Å²) in [4.78, 5) is 3.78. The van der Waals surface area contributed by atoms with Crippen molar-refractivity contribution in [1.29, 1.82) is 0 Å². The summed E-state index contributed by atoms with van der Waals surface area (Å²) in [7, 11) is 0. The molecule has 0 spiro atoms. The second-order valence-corrected chi connectivity index (χ2v) is 1.02. The third-order valence-electron chi connectivity index (χ3n) is 0.566. The number of hydrogen-bond acceptors (Lipinski definition) is 6. The SMILES string of the molecule is N.N.N.N.N.[Ru+2].c1ccncc1. The van der Waals surface area contributed by atoms with Gasteiger partial charge in [-0.2, -0.15) is 0 Å². The summed E-state index contributed by atoms with van der Waals surface area (Å²) < 4.78 is 0. The molecule has 0 unspecified atom stereocenters. The van der Waals surface area contributed by atoms with Gasteiger partial charge in [-0.25, -0.2) is 0 Å². The van der Waals surface area contributed by atoms with Gasteiger partial charge in [0.1, 0.15) is 0 Å². The van der Waals surface area contributed by atoms with Gasteiger partial charge in [-0.3, -0.25) is 4.98 Å². The number of rotatable bonds is 0. The molecule has 1 aromatic heterocycles. The summed E-state index contributed by atoms with van der Waals surface area (Å²) in [6.45, 7) is 0. The van der Waals surface area contributed by atoms with Crippen LogP contribution in [0, 0.1) is 0 Å². The van der Waals surface area contributed by atoms with Crippen LogP contribution in [0.1, 0.15) is 0 Å². The van der Waals surface area contributed by atoms with Crippen LogP contribution < -0.4 is 30.8 Å². The molecule has 0 aliphatic carbocycles. The third kappa shape index (κ3) is 22.7. The molecule has 15 N–H and O–H groups in total. The molecule has 6 nitrogen and oxygen atoms in total. The first kappa shape index (κ1) is 41.7. The molecule has 0 aliphatic rings. The van der Waals surface area contributed by atoms with E-state index in [9.17, 15) is 0 Å². The van der Waals surface area contributed by atoms with Crippen LogP contribution in [0.2, 0.25) is 0 Å². The van der Waals surface area contributed by atoms with E-state index in [1.807, 2.05) is 18.2 Å². The molecule has 0 saturated carbocycles. The minimum absolute atomic E-state index is 0. The molecule has 1 rings (SSSR count). The summed E-state index contributed by atoms with van der Waals surface area (Å²) in [5.74, 6) is 0. The first-order chi connectivity index (χ1) is 3.00. The second-order valence-electron chi connectivity index (χ2n) is 1.02. The van der Waals surface area contributed by atoms with Gasteiger partial charge in [-0.15, -0.1) is 0 Å². The van der Waals surface area contributed by atoms with Crippen LogP contribution in [0.5, 0.6) is 0 Å². The van der Waals surface area contributed by atoms with Crippen LogP contribution in [-0.4, -0.2) is 4.98 Å². The molecule has 0 amide bonds. The Bertz CT molecular complexity index is 87.9. The number of pyridine rings is 1. The Hall–Kier alpha value is -0.427. The van der Waals surface area contributed by atoms with E-state index in [1.165, 1.54) is 0 Å². The Morgan fingerprint density at radius 1 is 0.583 bits per heavy atom. The summed E-state index contributed by atoms with van der Waals surface area (Å²) in [5, 5.41) is 0. The topological polar surface area (TPSA) is 188 Å². The van der Waals surface area contributed by atoms with Gasteiger partial charge in [0.25, 0.3) is 0 Å². The minimum atomic E-state index is 0. The van der Waals surface area contributed by atoms with Crippen molar-refractivity contribution in [3.63, 3.8) is 0 Å². The fourth-order valence-corrected chi connectivity index (χ4v) is 0.313. The van der Waals surface area contributed by atoms with Crippen LogP contribution in [0.4, 0.5) is 0 Å². The Balaban J connectivity index is -0.0000000150. The first-order valence-corrected chi connectivity index (χ1v) is 1.85. The fourth-order valence-electron chi connectivity index (χ4n) is 0.313. The van der Waals surface area contributed by atoms with Crippen molar-refractivity contribution in [2.45, 2.75) is 0 Å². The van der Waals surface area contributed by atoms with Gasteiger partial charge in [0, 0.05) is 12.4 Å². The predicted octanol–water partition coefficient (Wildman–Crippen LogP) is 1.89. The Morgan fingerprint density at radius 2 is 0.917 bits per heavy atom. The zero-order valence-electron chi connectivity index (χ0n) is 7.22. The summed E-state index contributed by atoms with van der Waals surface area (Å²) in [5.41, 5.74) is 0. The van der Waals surface area contributed by atoms with E-state index in [0.717, 1.165) is 0 Å². The Kier molecular flexibility index (Phi) is 108. The average molecular weight is 265 g/mol. The maximum absolute atomic E-state index is 3.78. The smallest absolute Gasteiger partial charge is 0.344 e. The molecule has 0 fully saturated rings. The zero-order chi connectivity index (χ0) is 4.24. The summed E-state index contributed by atoms with van der Waals surface area (Å²) in [6, 6.07) is 5.72. The molecule has 12 heavy (non-hydrogen) atoms. The van der Waals surface area contributed by atoms with Crippen molar-refractivity contribution >= 4 is 0 Å². The fraction of sp³-hybridized carbons (Fsp3) is 0. The largest absolute Gasteiger partial charge is 2.00 e. The average Bonchev–Trinajstić information content (AvgIpc) is 1.72. The minimum Gasteiger partial charge on any atom is -0.344 e. The van der Waals surface area contributed by atoms with E-state index in [-0.39, 0.29) is 50.2 Å². The predicted molar refractivity (Wildman–Crippen MR) is 49.3 cm³/mol. The van der Waals surface area contributed by atoms with E-state index < -0.39 is 0 Å². The van der Waals surface area contributed by atoms with Crippen molar-refractivity contribution in [2.24, 2.45) is 0 Å². The maximum Gasteiger partial charge on any atom is 2.00 e. The molecule has 1 heterocycles. The van der Waals surface area contributed by atoms with Crippen molar-refractivity contribution in [3.8, 4) is 0 Å². The monoisotopic (exact) mass is 266 g/mol. The van der Waals surface area contributed by atoms with Crippen molar-refractivity contribution in [3.05, 3.63) is 30.6 Å². The molecule has 0 radical (unpaired) electrons. The van der Waals surface area contributed by atoms with E-state index in [2.05, 4.69) is 4.98 Å². The van der Waals surface area contributed by atoms with E-state index >= 15 is 0 Å². The van der Waals surface area contributed by atoms with Crippen LogP contribution >= 0.6 is 0 Å². The molecule has 0 atom stereocenters.